The molecule has 0 spiro atoms. The fourth-order valence-corrected chi connectivity index (χ4v) is 2.06. The molecule has 0 N–H and O–H groups in total. The highest BCUT2D eigenvalue weighted by atomic mass is 16.5. The van der Waals surface area contributed by atoms with E-state index in [1.807, 2.05) is 16.9 Å². The lowest BCUT2D eigenvalue weighted by Crippen LogP contribution is -2.08. The highest BCUT2D eigenvalue weighted by Gasteiger charge is 2.17. The lowest BCUT2D eigenvalue weighted by atomic mass is 10.3. The van der Waals surface area contributed by atoms with Crippen molar-refractivity contribution in [3.05, 3.63) is 18.0 Å². The van der Waals surface area contributed by atoms with Crippen LogP contribution in [0.1, 0.15) is 37.4 Å². The van der Waals surface area contributed by atoms with E-state index in [2.05, 4.69) is 9.84 Å². The fraction of sp³-hybridized carbons (Fsp3) is 0.636. The molecule has 4 nitrogen and oxygen atoms in total. The Morgan fingerprint density at radius 3 is 3.00 bits per heavy atom. The second-order valence-electron chi connectivity index (χ2n) is 3.98. The van der Waals surface area contributed by atoms with Gasteiger partial charge in [0.25, 0.3) is 0 Å². The van der Waals surface area contributed by atoms with Crippen LogP contribution in [0.3, 0.4) is 0 Å². The van der Waals surface area contributed by atoms with Crippen LogP contribution in [0, 0.1) is 0 Å². The van der Waals surface area contributed by atoms with Gasteiger partial charge < -0.3 is 4.74 Å². The molecule has 0 aromatic carbocycles. The van der Waals surface area contributed by atoms with Gasteiger partial charge in [0.2, 0.25) is 0 Å². The summed E-state index contributed by atoms with van der Waals surface area (Å²) in [5.74, 6) is -0.230. The van der Waals surface area contributed by atoms with Crippen LogP contribution in [0.25, 0.3) is 0 Å². The molecular weight excluding hydrogens is 192 g/mol. The number of nitrogens with zero attached hydrogens (tertiary/aromatic N) is 2. The monoisotopic (exact) mass is 208 g/mol. The molecule has 1 aromatic rings. The third kappa shape index (κ3) is 2.37. The molecule has 4 heteroatoms. The summed E-state index contributed by atoms with van der Waals surface area (Å²) in [5.41, 5.74) is 0.800. The molecule has 1 aliphatic rings. The molecule has 2 rings (SSSR count). The zero-order chi connectivity index (χ0) is 10.7. The normalized spacial score (nSPS) is 16.9. The van der Waals surface area contributed by atoms with Gasteiger partial charge in [-0.05, 0) is 18.9 Å². The minimum Gasteiger partial charge on any atom is -0.469 e. The average molecular weight is 208 g/mol. The Bertz CT molecular complexity index is 340. The molecule has 1 aromatic heterocycles. The maximum absolute atomic E-state index is 11.0. The zero-order valence-corrected chi connectivity index (χ0v) is 8.98. The Hall–Kier alpha value is -1.32. The van der Waals surface area contributed by atoms with Crippen LogP contribution in [0.2, 0.25) is 0 Å². The lowest BCUT2D eigenvalue weighted by molar-refractivity contribution is -0.139. The van der Waals surface area contributed by atoms with Gasteiger partial charge in [-0.2, -0.15) is 5.10 Å². The summed E-state index contributed by atoms with van der Waals surface area (Å²) < 4.78 is 6.59. The van der Waals surface area contributed by atoms with Crippen LogP contribution in [-0.4, -0.2) is 22.9 Å². The Kier molecular flexibility index (Phi) is 3.04. The summed E-state index contributed by atoms with van der Waals surface area (Å²) in [7, 11) is 1.40. The summed E-state index contributed by atoms with van der Waals surface area (Å²) in [6.07, 6.45) is 7.23. The van der Waals surface area contributed by atoms with Crippen LogP contribution in [0.5, 0.6) is 0 Å². The van der Waals surface area contributed by atoms with Gasteiger partial charge in [-0.1, -0.05) is 12.8 Å². The predicted octanol–water partition coefficient (Wildman–Crippen LogP) is 1.71. The van der Waals surface area contributed by atoms with Gasteiger partial charge in [-0.15, -0.1) is 0 Å². The molecule has 1 heterocycles. The molecule has 0 radical (unpaired) electrons. The number of rotatable bonds is 3. The first-order valence-electron chi connectivity index (χ1n) is 5.40. The SMILES string of the molecule is COC(=O)Cc1ccn(C2CCCC2)n1. The lowest BCUT2D eigenvalue weighted by Gasteiger charge is -2.08. The zero-order valence-electron chi connectivity index (χ0n) is 8.98. The van der Waals surface area contributed by atoms with Crippen LogP contribution in [0.4, 0.5) is 0 Å². The quantitative estimate of drug-likeness (QED) is 0.710. The summed E-state index contributed by atoms with van der Waals surface area (Å²) >= 11 is 0. The van der Waals surface area contributed by atoms with Crippen molar-refractivity contribution in [2.45, 2.75) is 38.1 Å². The van der Waals surface area contributed by atoms with Crippen molar-refractivity contribution in [1.29, 1.82) is 0 Å². The summed E-state index contributed by atoms with van der Waals surface area (Å²) in [5, 5.41) is 4.40. The average Bonchev–Trinajstić information content (AvgIpc) is 2.85. The number of hydrogen-bond acceptors (Lipinski definition) is 3. The first-order chi connectivity index (χ1) is 7.29. The topological polar surface area (TPSA) is 44.1 Å². The summed E-state index contributed by atoms with van der Waals surface area (Å²) in [6.45, 7) is 0. The van der Waals surface area contributed by atoms with Crippen molar-refractivity contribution in [2.24, 2.45) is 0 Å². The number of esters is 1. The minimum absolute atomic E-state index is 0.230. The summed E-state index contributed by atoms with van der Waals surface area (Å²) in [6, 6.07) is 2.44. The molecule has 1 aliphatic carbocycles. The second-order valence-corrected chi connectivity index (χ2v) is 3.98. The van der Waals surface area contributed by atoms with E-state index in [1.54, 1.807) is 0 Å². The van der Waals surface area contributed by atoms with Crippen LogP contribution in [0.15, 0.2) is 12.3 Å². The molecule has 0 unspecified atom stereocenters. The number of aromatic nitrogens is 2. The molecule has 0 bridgehead atoms. The summed E-state index contributed by atoms with van der Waals surface area (Å²) in [4.78, 5) is 11.0. The van der Waals surface area contributed by atoms with Gasteiger partial charge in [0, 0.05) is 6.20 Å². The first-order valence-corrected chi connectivity index (χ1v) is 5.40. The predicted molar refractivity (Wildman–Crippen MR) is 55.5 cm³/mol. The molecule has 0 saturated heterocycles. The van der Waals surface area contributed by atoms with Crippen molar-refractivity contribution in [3.63, 3.8) is 0 Å². The van der Waals surface area contributed by atoms with Gasteiger partial charge in [0.1, 0.15) is 0 Å². The van der Waals surface area contributed by atoms with Gasteiger partial charge in [0.05, 0.1) is 25.3 Å². The Morgan fingerprint density at radius 1 is 1.60 bits per heavy atom. The van der Waals surface area contributed by atoms with Crippen molar-refractivity contribution in [1.82, 2.24) is 9.78 Å². The van der Waals surface area contributed by atoms with E-state index >= 15 is 0 Å². The van der Waals surface area contributed by atoms with Crippen molar-refractivity contribution in [2.75, 3.05) is 7.11 Å². The first kappa shape index (κ1) is 10.2. The minimum atomic E-state index is -0.230. The molecule has 82 valence electrons. The van der Waals surface area contributed by atoms with Crippen LogP contribution in [-0.2, 0) is 16.0 Å². The number of hydrogen-bond donors (Lipinski definition) is 0. The van der Waals surface area contributed by atoms with E-state index in [4.69, 9.17) is 0 Å². The maximum Gasteiger partial charge on any atom is 0.311 e. The van der Waals surface area contributed by atoms with Gasteiger partial charge in [-0.25, -0.2) is 0 Å². The Labute approximate surface area is 89.2 Å². The maximum atomic E-state index is 11.0. The van der Waals surface area contributed by atoms with Gasteiger partial charge >= 0.3 is 5.97 Å². The third-order valence-electron chi connectivity index (χ3n) is 2.92. The van der Waals surface area contributed by atoms with Crippen molar-refractivity contribution < 1.29 is 9.53 Å². The highest BCUT2D eigenvalue weighted by molar-refractivity contribution is 5.71. The molecule has 0 atom stereocenters. The number of methoxy groups -OCH3 is 1. The Morgan fingerprint density at radius 2 is 2.33 bits per heavy atom. The van der Waals surface area contributed by atoms with Crippen molar-refractivity contribution in [3.8, 4) is 0 Å². The molecule has 1 saturated carbocycles. The Balaban J connectivity index is 2.00. The van der Waals surface area contributed by atoms with E-state index in [-0.39, 0.29) is 12.4 Å². The van der Waals surface area contributed by atoms with E-state index in [9.17, 15) is 4.79 Å². The molecule has 0 aliphatic heterocycles. The second kappa shape index (κ2) is 4.47. The largest absolute Gasteiger partial charge is 0.469 e. The van der Waals surface area contributed by atoms with Crippen molar-refractivity contribution >= 4 is 5.97 Å². The number of carbonyl (C=O) groups is 1. The van der Waals surface area contributed by atoms with E-state index in [1.165, 1.54) is 32.8 Å². The van der Waals surface area contributed by atoms with E-state index in [0.29, 0.717) is 6.04 Å². The van der Waals surface area contributed by atoms with Crippen LogP contribution < -0.4 is 0 Å². The van der Waals surface area contributed by atoms with Gasteiger partial charge in [0.15, 0.2) is 0 Å². The number of ether oxygens (including phenoxy) is 1. The van der Waals surface area contributed by atoms with E-state index in [0.717, 1.165) is 5.69 Å². The van der Waals surface area contributed by atoms with E-state index < -0.39 is 0 Å². The fourth-order valence-electron chi connectivity index (χ4n) is 2.06. The highest BCUT2D eigenvalue weighted by Crippen LogP contribution is 2.28. The smallest absolute Gasteiger partial charge is 0.311 e. The molecule has 0 amide bonds. The number of carbonyl (C=O) groups excluding carboxylic acids is 1. The third-order valence-corrected chi connectivity index (χ3v) is 2.92. The van der Waals surface area contributed by atoms with Crippen LogP contribution >= 0.6 is 0 Å². The standard InChI is InChI=1S/C11H16N2O2/c1-15-11(14)8-9-6-7-13(12-9)10-4-2-3-5-10/h6-7,10H,2-5,8H2,1H3. The van der Waals surface area contributed by atoms with Gasteiger partial charge in [-0.3, -0.25) is 9.48 Å². The molecular formula is C11H16N2O2. The molecule has 15 heavy (non-hydrogen) atoms. The molecule has 1 fully saturated rings.